The van der Waals surface area contributed by atoms with E-state index in [4.69, 9.17) is 9.47 Å². The average molecular weight is 436 g/mol. The molecule has 2 amide bonds. The van der Waals surface area contributed by atoms with Crippen molar-refractivity contribution in [3.05, 3.63) is 24.3 Å². The van der Waals surface area contributed by atoms with Crippen LogP contribution >= 0.6 is 23.1 Å². The lowest BCUT2D eigenvalue weighted by atomic mass is 10.2. The predicted octanol–water partition coefficient (Wildman–Crippen LogP) is 0.865. The van der Waals surface area contributed by atoms with Crippen molar-refractivity contribution < 1.29 is 19.1 Å². The Bertz CT molecular complexity index is 885. The van der Waals surface area contributed by atoms with Gasteiger partial charge in [-0.05, 0) is 12.1 Å². The van der Waals surface area contributed by atoms with Crippen LogP contribution in [0.2, 0.25) is 0 Å². The van der Waals surface area contributed by atoms with Crippen LogP contribution in [-0.4, -0.2) is 78.6 Å². The topological polar surface area (TPSA) is 96.9 Å². The monoisotopic (exact) mass is 435 g/mol. The lowest BCUT2D eigenvalue weighted by molar-refractivity contribution is -0.141. The smallest absolute Gasteiger partial charge is 0.267 e. The summed E-state index contributed by atoms with van der Waals surface area (Å²) in [5, 5.41) is 11.8. The van der Waals surface area contributed by atoms with Crippen LogP contribution in [0.3, 0.4) is 0 Å². The van der Waals surface area contributed by atoms with Crippen molar-refractivity contribution in [1.29, 1.82) is 0 Å². The summed E-state index contributed by atoms with van der Waals surface area (Å²) in [6, 6.07) is 7.37. The van der Waals surface area contributed by atoms with Gasteiger partial charge in [0.1, 0.15) is 6.61 Å². The normalized spacial score (nSPS) is 18.4. The lowest BCUT2D eigenvalue weighted by Crippen LogP contribution is -2.54. The van der Waals surface area contributed by atoms with Gasteiger partial charge in [0.25, 0.3) is 5.91 Å². The minimum Gasteiger partial charge on any atom is -0.485 e. The van der Waals surface area contributed by atoms with E-state index in [0.29, 0.717) is 43.4 Å². The third kappa shape index (κ3) is 4.56. The summed E-state index contributed by atoms with van der Waals surface area (Å²) < 4.78 is 12.2. The molecule has 0 aliphatic carbocycles. The number of nitrogens with one attached hydrogen (secondary N) is 1. The van der Waals surface area contributed by atoms with E-state index in [1.54, 1.807) is 11.9 Å². The van der Waals surface area contributed by atoms with Gasteiger partial charge in [-0.1, -0.05) is 35.2 Å². The molecule has 0 unspecified atom stereocenters. The highest BCUT2D eigenvalue weighted by molar-refractivity contribution is 8.01. The minimum atomic E-state index is -0.620. The molecule has 0 saturated carbocycles. The quantitative estimate of drug-likeness (QED) is 0.691. The van der Waals surface area contributed by atoms with Gasteiger partial charge in [0.15, 0.2) is 15.8 Å². The molecule has 154 valence electrons. The molecule has 1 saturated heterocycles. The molecule has 1 fully saturated rings. The molecule has 29 heavy (non-hydrogen) atoms. The van der Waals surface area contributed by atoms with Crippen molar-refractivity contribution in [1.82, 2.24) is 20.4 Å². The van der Waals surface area contributed by atoms with Gasteiger partial charge >= 0.3 is 0 Å². The number of rotatable bonds is 5. The number of aromatic nitrogens is 2. The number of ether oxygens (including phenoxy) is 2. The van der Waals surface area contributed by atoms with Gasteiger partial charge in [-0.25, -0.2) is 0 Å². The molecule has 11 heteroatoms. The Balaban J connectivity index is 1.29. The highest BCUT2D eigenvalue weighted by Gasteiger charge is 2.33. The van der Waals surface area contributed by atoms with Crippen molar-refractivity contribution in [3.63, 3.8) is 0 Å². The first-order valence-electron chi connectivity index (χ1n) is 9.23. The number of nitrogens with zero attached hydrogens (tertiary/aromatic N) is 4. The maximum atomic E-state index is 12.8. The van der Waals surface area contributed by atoms with E-state index >= 15 is 0 Å². The molecule has 1 N–H and O–H groups in total. The van der Waals surface area contributed by atoms with Crippen LogP contribution in [0, 0.1) is 0 Å². The molecule has 0 spiro atoms. The fraction of sp³-hybridized carbons (Fsp3) is 0.444. The standard InChI is InChI=1S/C18H21N5O4S2/c1-19-15(24)11-28-18-21-20-17(29-18)23-8-6-22(7-9-23)16(25)14-10-26-12-4-2-3-5-13(12)27-14/h2-5,14H,6-11H2,1H3,(H,19,24)/t14-/m0/s1. The fourth-order valence-corrected chi connectivity index (χ4v) is 4.82. The zero-order valence-electron chi connectivity index (χ0n) is 15.9. The van der Waals surface area contributed by atoms with E-state index in [0.717, 1.165) is 9.47 Å². The van der Waals surface area contributed by atoms with Crippen molar-refractivity contribution in [3.8, 4) is 11.5 Å². The first kappa shape index (κ1) is 19.8. The third-order valence-electron chi connectivity index (χ3n) is 4.65. The van der Waals surface area contributed by atoms with Crippen molar-refractivity contribution in [2.24, 2.45) is 0 Å². The number of carbonyl (C=O) groups is 2. The van der Waals surface area contributed by atoms with Gasteiger partial charge in [-0.15, -0.1) is 10.2 Å². The number of anilines is 1. The van der Waals surface area contributed by atoms with Gasteiger partial charge in [0.2, 0.25) is 17.1 Å². The summed E-state index contributed by atoms with van der Waals surface area (Å²) in [5.41, 5.74) is 0. The predicted molar refractivity (Wildman–Crippen MR) is 110 cm³/mol. The van der Waals surface area contributed by atoms with E-state index in [1.807, 2.05) is 24.3 Å². The maximum Gasteiger partial charge on any atom is 0.267 e. The molecular formula is C18H21N5O4S2. The molecule has 0 bridgehead atoms. The highest BCUT2D eigenvalue weighted by atomic mass is 32.2. The number of hydrogen-bond acceptors (Lipinski definition) is 9. The number of benzene rings is 1. The Morgan fingerprint density at radius 2 is 1.97 bits per heavy atom. The number of thioether (sulfide) groups is 1. The Hall–Kier alpha value is -2.53. The van der Waals surface area contributed by atoms with Gasteiger partial charge in [0.05, 0.1) is 5.75 Å². The second kappa shape index (κ2) is 8.87. The zero-order chi connectivity index (χ0) is 20.2. The summed E-state index contributed by atoms with van der Waals surface area (Å²) in [6.07, 6.45) is -0.620. The first-order chi connectivity index (χ1) is 14.1. The van der Waals surface area contributed by atoms with Crippen LogP contribution in [0.5, 0.6) is 11.5 Å². The van der Waals surface area contributed by atoms with Crippen molar-refractivity contribution >= 4 is 40.0 Å². The Kier molecular flexibility index (Phi) is 6.05. The van der Waals surface area contributed by atoms with Gasteiger partial charge in [0, 0.05) is 33.2 Å². The van der Waals surface area contributed by atoms with E-state index in [-0.39, 0.29) is 18.4 Å². The van der Waals surface area contributed by atoms with Crippen LogP contribution in [0.1, 0.15) is 0 Å². The minimum absolute atomic E-state index is 0.0459. The van der Waals surface area contributed by atoms with Crippen LogP contribution in [0.4, 0.5) is 5.13 Å². The first-order valence-corrected chi connectivity index (χ1v) is 11.0. The van der Waals surface area contributed by atoms with E-state index in [9.17, 15) is 9.59 Å². The van der Waals surface area contributed by atoms with E-state index in [1.165, 1.54) is 23.1 Å². The molecule has 2 aliphatic rings. The number of fused-ring (bicyclic) bond motifs is 1. The molecule has 1 atom stereocenters. The molecule has 1 aromatic heterocycles. The van der Waals surface area contributed by atoms with Crippen LogP contribution in [0.15, 0.2) is 28.6 Å². The molecular weight excluding hydrogens is 414 g/mol. The maximum absolute atomic E-state index is 12.8. The lowest BCUT2D eigenvalue weighted by Gasteiger charge is -2.36. The summed E-state index contributed by atoms with van der Waals surface area (Å²) in [4.78, 5) is 28.1. The Morgan fingerprint density at radius 1 is 1.21 bits per heavy atom. The highest BCUT2D eigenvalue weighted by Crippen LogP contribution is 2.32. The second-order valence-electron chi connectivity index (χ2n) is 6.49. The van der Waals surface area contributed by atoms with Crippen LogP contribution in [0.25, 0.3) is 0 Å². The number of para-hydroxylation sites is 2. The van der Waals surface area contributed by atoms with Crippen molar-refractivity contribution in [2.75, 3.05) is 50.5 Å². The third-order valence-corrected chi connectivity index (χ3v) is 6.76. The molecule has 9 nitrogen and oxygen atoms in total. The van der Waals surface area contributed by atoms with E-state index in [2.05, 4.69) is 20.4 Å². The molecule has 1 aromatic carbocycles. The zero-order valence-corrected chi connectivity index (χ0v) is 17.5. The summed E-state index contributed by atoms with van der Waals surface area (Å²) in [5.74, 6) is 1.49. The average Bonchev–Trinajstić information content (AvgIpc) is 3.26. The Morgan fingerprint density at radius 3 is 2.72 bits per heavy atom. The summed E-state index contributed by atoms with van der Waals surface area (Å²) >= 11 is 2.83. The molecule has 3 heterocycles. The van der Waals surface area contributed by atoms with Gasteiger partial charge in [-0.2, -0.15) is 0 Å². The number of amides is 2. The number of piperazine rings is 1. The summed E-state index contributed by atoms with van der Waals surface area (Å²) in [7, 11) is 1.61. The van der Waals surface area contributed by atoms with E-state index < -0.39 is 6.10 Å². The molecule has 0 radical (unpaired) electrons. The van der Waals surface area contributed by atoms with Crippen LogP contribution in [-0.2, 0) is 9.59 Å². The number of carbonyl (C=O) groups excluding carboxylic acids is 2. The number of hydrogen-bond donors (Lipinski definition) is 1. The van der Waals surface area contributed by atoms with Crippen molar-refractivity contribution in [2.45, 2.75) is 10.4 Å². The van der Waals surface area contributed by atoms with Crippen LogP contribution < -0.4 is 19.7 Å². The second-order valence-corrected chi connectivity index (χ2v) is 8.67. The molecule has 4 rings (SSSR count). The molecule has 2 aliphatic heterocycles. The summed E-state index contributed by atoms with van der Waals surface area (Å²) in [6.45, 7) is 2.73. The SMILES string of the molecule is CNC(=O)CSc1nnc(N2CCN(C(=O)[C@@H]3COc4ccccc4O3)CC2)s1. The largest absolute Gasteiger partial charge is 0.485 e. The Labute approximate surface area is 176 Å². The van der Waals surface area contributed by atoms with Gasteiger partial charge in [-0.3, -0.25) is 9.59 Å². The fourth-order valence-electron chi connectivity index (χ4n) is 3.05. The molecule has 2 aromatic rings. The van der Waals surface area contributed by atoms with Gasteiger partial charge < -0.3 is 24.6 Å².